The van der Waals surface area contributed by atoms with Crippen LogP contribution in [0.3, 0.4) is 0 Å². The average Bonchev–Trinajstić information content (AvgIpc) is 3.12. The van der Waals surface area contributed by atoms with E-state index in [1.165, 1.54) is 4.68 Å². The van der Waals surface area contributed by atoms with Crippen molar-refractivity contribution in [3.63, 3.8) is 0 Å². The molecule has 2 aromatic rings. The first-order valence-electron chi connectivity index (χ1n) is 8.51. The van der Waals surface area contributed by atoms with E-state index >= 15 is 0 Å². The molecule has 0 unspecified atom stereocenters. The van der Waals surface area contributed by atoms with Crippen molar-refractivity contribution in [1.29, 1.82) is 0 Å². The van der Waals surface area contributed by atoms with Crippen LogP contribution in [0.4, 0.5) is 0 Å². The summed E-state index contributed by atoms with van der Waals surface area (Å²) in [7, 11) is 0. The van der Waals surface area contributed by atoms with E-state index in [0.29, 0.717) is 43.9 Å². The van der Waals surface area contributed by atoms with Crippen molar-refractivity contribution < 1.29 is 9.47 Å². The van der Waals surface area contributed by atoms with Gasteiger partial charge in [-0.3, -0.25) is 4.57 Å². The fourth-order valence-electron chi connectivity index (χ4n) is 3.02. The molecule has 7 heteroatoms. The van der Waals surface area contributed by atoms with E-state index in [1.807, 2.05) is 26.0 Å². The van der Waals surface area contributed by atoms with Crippen LogP contribution in [0.1, 0.15) is 44.8 Å². The van der Waals surface area contributed by atoms with Gasteiger partial charge in [-0.2, -0.15) is 5.10 Å². The lowest BCUT2D eigenvalue weighted by atomic mass is 10.0. The zero-order valence-electron chi connectivity index (χ0n) is 14.4. The minimum atomic E-state index is -0.126. The quantitative estimate of drug-likeness (QED) is 0.809. The Morgan fingerprint density at radius 2 is 2.21 bits per heavy atom. The molecule has 7 nitrogen and oxygen atoms in total. The number of aromatic nitrogens is 4. The Balaban J connectivity index is 1.90. The zero-order valence-corrected chi connectivity index (χ0v) is 14.4. The largest absolute Gasteiger partial charge is 0.478 e. The summed E-state index contributed by atoms with van der Waals surface area (Å²) in [5.41, 5.74) is 0.620. The van der Waals surface area contributed by atoms with Crippen LogP contribution in [0.25, 0.3) is 0 Å². The van der Waals surface area contributed by atoms with Gasteiger partial charge in [0.05, 0.1) is 18.8 Å². The van der Waals surface area contributed by atoms with Crippen molar-refractivity contribution in [1.82, 2.24) is 19.3 Å². The van der Waals surface area contributed by atoms with Crippen LogP contribution < -0.4 is 10.4 Å². The maximum absolute atomic E-state index is 12.6. The van der Waals surface area contributed by atoms with E-state index in [-0.39, 0.29) is 11.8 Å². The van der Waals surface area contributed by atoms with Crippen LogP contribution in [0.5, 0.6) is 5.88 Å². The monoisotopic (exact) mass is 332 g/mol. The third-order valence-electron chi connectivity index (χ3n) is 4.29. The third-order valence-corrected chi connectivity index (χ3v) is 4.29. The molecule has 1 fully saturated rings. The Kier molecular flexibility index (Phi) is 4.99. The molecule has 0 N–H and O–H groups in total. The van der Waals surface area contributed by atoms with Gasteiger partial charge in [-0.15, -0.1) is 0 Å². The van der Waals surface area contributed by atoms with Crippen molar-refractivity contribution in [3.8, 4) is 5.88 Å². The summed E-state index contributed by atoms with van der Waals surface area (Å²) in [4.78, 5) is 17.1. The number of nitrogens with zero attached hydrogens (tertiary/aromatic N) is 4. The number of rotatable bonds is 6. The van der Waals surface area contributed by atoms with E-state index in [2.05, 4.69) is 17.0 Å². The summed E-state index contributed by atoms with van der Waals surface area (Å²) >= 11 is 0. The highest BCUT2D eigenvalue weighted by atomic mass is 16.5. The first-order valence-corrected chi connectivity index (χ1v) is 8.51. The van der Waals surface area contributed by atoms with Crippen LogP contribution in [0.15, 0.2) is 23.0 Å². The molecule has 3 heterocycles. The van der Waals surface area contributed by atoms with Gasteiger partial charge in [0.2, 0.25) is 5.88 Å². The van der Waals surface area contributed by atoms with Gasteiger partial charge in [-0.05, 0) is 32.3 Å². The summed E-state index contributed by atoms with van der Waals surface area (Å²) < 4.78 is 14.4. The lowest BCUT2D eigenvalue weighted by Crippen LogP contribution is -2.26. The number of hydrogen-bond acceptors (Lipinski definition) is 5. The third kappa shape index (κ3) is 3.21. The molecule has 24 heavy (non-hydrogen) atoms. The minimum absolute atomic E-state index is 0.110. The molecule has 3 rings (SSSR count). The normalized spacial score (nSPS) is 20.5. The molecule has 0 bridgehead atoms. The predicted octanol–water partition coefficient (Wildman–Crippen LogP) is 2.00. The van der Waals surface area contributed by atoms with Gasteiger partial charge in [0, 0.05) is 19.2 Å². The smallest absolute Gasteiger partial charge is 0.346 e. The van der Waals surface area contributed by atoms with Crippen molar-refractivity contribution in [2.45, 2.75) is 46.4 Å². The molecular weight excluding hydrogens is 308 g/mol. The fourth-order valence-corrected chi connectivity index (χ4v) is 3.02. The summed E-state index contributed by atoms with van der Waals surface area (Å²) in [6.07, 6.45) is 0.884. The molecule has 130 valence electrons. The van der Waals surface area contributed by atoms with Crippen molar-refractivity contribution >= 4 is 0 Å². The second kappa shape index (κ2) is 7.17. The SMILES string of the molecule is CCOc1cccc(Cn2nc([C@H]3OCC[C@H]3C)n(CC)c2=O)n1. The predicted molar refractivity (Wildman–Crippen MR) is 89.1 cm³/mol. The highest BCUT2D eigenvalue weighted by molar-refractivity contribution is 5.16. The van der Waals surface area contributed by atoms with E-state index in [4.69, 9.17) is 9.47 Å². The van der Waals surface area contributed by atoms with E-state index in [9.17, 15) is 4.79 Å². The molecule has 0 amide bonds. The highest BCUT2D eigenvalue weighted by Crippen LogP contribution is 2.32. The van der Waals surface area contributed by atoms with Crippen LogP contribution in [0.2, 0.25) is 0 Å². The Bertz CT molecular complexity index is 753. The lowest BCUT2D eigenvalue weighted by Gasteiger charge is -2.13. The van der Waals surface area contributed by atoms with Gasteiger partial charge in [0.25, 0.3) is 0 Å². The van der Waals surface area contributed by atoms with Gasteiger partial charge >= 0.3 is 5.69 Å². The Morgan fingerprint density at radius 1 is 1.38 bits per heavy atom. The first kappa shape index (κ1) is 16.7. The average molecular weight is 332 g/mol. The summed E-state index contributed by atoms with van der Waals surface area (Å²) in [5.74, 6) is 1.64. The van der Waals surface area contributed by atoms with Gasteiger partial charge in [0.15, 0.2) is 5.82 Å². The summed E-state index contributed by atoms with van der Waals surface area (Å²) in [5, 5.41) is 4.55. The second-order valence-electron chi connectivity index (χ2n) is 6.00. The van der Waals surface area contributed by atoms with Crippen molar-refractivity contribution in [2.75, 3.05) is 13.2 Å². The summed E-state index contributed by atoms with van der Waals surface area (Å²) in [6, 6.07) is 5.55. The van der Waals surface area contributed by atoms with E-state index < -0.39 is 0 Å². The van der Waals surface area contributed by atoms with E-state index in [0.717, 1.165) is 12.1 Å². The minimum Gasteiger partial charge on any atom is -0.478 e. The van der Waals surface area contributed by atoms with Crippen LogP contribution in [0, 0.1) is 5.92 Å². The highest BCUT2D eigenvalue weighted by Gasteiger charge is 2.31. The molecule has 0 saturated carbocycles. The number of hydrogen-bond donors (Lipinski definition) is 0. The van der Waals surface area contributed by atoms with Crippen LogP contribution in [-0.2, 0) is 17.8 Å². The fraction of sp³-hybridized carbons (Fsp3) is 0.588. The van der Waals surface area contributed by atoms with Crippen molar-refractivity contribution in [2.24, 2.45) is 5.92 Å². The zero-order chi connectivity index (χ0) is 17.1. The molecule has 0 radical (unpaired) electrons. The molecule has 1 aliphatic rings. The molecular formula is C17H24N4O3. The van der Waals surface area contributed by atoms with Gasteiger partial charge in [-0.1, -0.05) is 13.0 Å². The lowest BCUT2D eigenvalue weighted by molar-refractivity contribution is 0.0836. The first-order chi connectivity index (χ1) is 11.6. The molecule has 2 atom stereocenters. The molecule has 2 aromatic heterocycles. The van der Waals surface area contributed by atoms with Gasteiger partial charge < -0.3 is 9.47 Å². The van der Waals surface area contributed by atoms with E-state index in [1.54, 1.807) is 10.6 Å². The molecule has 1 aliphatic heterocycles. The molecule has 0 aliphatic carbocycles. The van der Waals surface area contributed by atoms with Crippen molar-refractivity contribution in [3.05, 3.63) is 40.2 Å². The van der Waals surface area contributed by atoms with Gasteiger partial charge in [0.1, 0.15) is 6.10 Å². The maximum Gasteiger partial charge on any atom is 0.346 e. The Morgan fingerprint density at radius 3 is 2.88 bits per heavy atom. The second-order valence-corrected chi connectivity index (χ2v) is 6.00. The standard InChI is InChI=1S/C17H24N4O3/c1-4-20-16(15-12(3)9-10-24-15)19-21(17(20)22)11-13-7-6-8-14(18-13)23-5-2/h6-8,12,15H,4-5,9-11H2,1-3H3/t12-,15+/m1/s1. The maximum atomic E-state index is 12.6. The van der Waals surface area contributed by atoms with Crippen LogP contribution in [-0.4, -0.2) is 32.5 Å². The molecule has 0 aromatic carbocycles. The summed E-state index contributed by atoms with van der Waals surface area (Å²) in [6.45, 7) is 8.17. The number of ether oxygens (including phenoxy) is 2. The number of pyridine rings is 1. The topological polar surface area (TPSA) is 71.2 Å². The Labute approximate surface area is 141 Å². The molecule has 1 saturated heterocycles. The molecule has 0 spiro atoms. The van der Waals surface area contributed by atoms with Crippen LogP contribution >= 0.6 is 0 Å². The van der Waals surface area contributed by atoms with Gasteiger partial charge in [-0.25, -0.2) is 14.5 Å². The Hall–Kier alpha value is -2.15.